The summed E-state index contributed by atoms with van der Waals surface area (Å²) in [4.78, 5) is 10.8. The van der Waals surface area contributed by atoms with Crippen molar-refractivity contribution in [2.24, 2.45) is 10.9 Å². The van der Waals surface area contributed by atoms with Crippen molar-refractivity contribution in [2.75, 3.05) is 7.11 Å². The summed E-state index contributed by atoms with van der Waals surface area (Å²) in [6.07, 6.45) is -0.486. The van der Waals surface area contributed by atoms with Crippen LogP contribution in [0.25, 0.3) is 0 Å². The zero-order valence-electron chi connectivity index (χ0n) is 8.80. The molecule has 0 bridgehead atoms. The van der Waals surface area contributed by atoms with E-state index in [1.54, 1.807) is 24.3 Å². The maximum Gasteiger partial charge on any atom is 0.407 e. The molecule has 0 fully saturated rings. The number of amidine groups is 1. The van der Waals surface area contributed by atoms with Gasteiger partial charge < -0.3 is 21.0 Å². The van der Waals surface area contributed by atoms with Crippen LogP contribution in [-0.2, 0) is 11.3 Å². The fourth-order valence-corrected chi connectivity index (χ4v) is 1.10. The van der Waals surface area contributed by atoms with Crippen molar-refractivity contribution in [1.29, 1.82) is 0 Å². The first kappa shape index (κ1) is 11.8. The topological polar surface area (TPSA) is 96.9 Å². The molecule has 0 saturated carbocycles. The Labute approximate surface area is 92.7 Å². The van der Waals surface area contributed by atoms with Gasteiger partial charge in [0.05, 0.1) is 7.11 Å². The summed E-state index contributed by atoms with van der Waals surface area (Å²) in [5.41, 5.74) is 6.90. The summed E-state index contributed by atoms with van der Waals surface area (Å²) in [6.45, 7) is 0.364. The third-order valence-electron chi connectivity index (χ3n) is 1.98. The van der Waals surface area contributed by atoms with Gasteiger partial charge in [0.25, 0.3) is 0 Å². The standard InChI is InChI=1S/C10H13N3O3/c1-16-10(14)12-6-7-2-4-8(5-3-7)9(11)13-15/h2-5,15H,6H2,1H3,(H2,11,13)(H,12,14). The molecule has 1 aromatic carbocycles. The first-order valence-electron chi connectivity index (χ1n) is 4.56. The molecule has 6 heteroatoms. The van der Waals surface area contributed by atoms with Gasteiger partial charge in [-0.25, -0.2) is 4.79 Å². The highest BCUT2D eigenvalue weighted by molar-refractivity contribution is 5.96. The van der Waals surface area contributed by atoms with Gasteiger partial charge in [-0.05, 0) is 5.56 Å². The van der Waals surface area contributed by atoms with Gasteiger partial charge in [0, 0.05) is 12.1 Å². The molecule has 0 aliphatic carbocycles. The molecular weight excluding hydrogens is 210 g/mol. The number of alkyl carbamates (subject to hydrolysis) is 1. The fraction of sp³-hybridized carbons (Fsp3) is 0.200. The lowest BCUT2D eigenvalue weighted by Crippen LogP contribution is -2.22. The normalized spacial score (nSPS) is 10.9. The molecule has 0 aliphatic rings. The molecular formula is C10H13N3O3. The number of nitrogens with two attached hydrogens (primary N) is 1. The maximum absolute atomic E-state index is 10.8. The molecule has 0 radical (unpaired) electrons. The van der Waals surface area contributed by atoms with Crippen LogP contribution in [-0.4, -0.2) is 24.2 Å². The van der Waals surface area contributed by atoms with Crippen molar-refractivity contribution >= 4 is 11.9 Å². The molecule has 0 unspecified atom stereocenters. The summed E-state index contributed by atoms with van der Waals surface area (Å²) in [5.74, 6) is 0.0486. The zero-order valence-corrected chi connectivity index (χ0v) is 8.80. The van der Waals surface area contributed by atoms with E-state index in [4.69, 9.17) is 10.9 Å². The molecule has 1 aromatic rings. The lowest BCUT2D eigenvalue weighted by atomic mass is 10.1. The van der Waals surface area contributed by atoms with Gasteiger partial charge in [-0.3, -0.25) is 0 Å². The van der Waals surface area contributed by atoms with Crippen LogP contribution in [0.3, 0.4) is 0 Å². The van der Waals surface area contributed by atoms with Crippen LogP contribution in [0.4, 0.5) is 4.79 Å². The van der Waals surface area contributed by atoms with E-state index >= 15 is 0 Å². The predicted molar refractivity (Wildman–Crippen MR) is 58.2 cm³/mol. The highest BCUT2D eigenvalue weighted by Crippen LogP contribution is 2.04. The lowest BCUT2D eigenvalue weighted by Gasteiger charge is -2.04. The molecule has 1 amide bonds. The van der Waals surface area contributed by atoms with Crippen LogP contribution in [0.5, 0.6) is 0 Å². The number of nitrogens with zero attached hydrogens (tertiary/aromatic N) is 1. The van der Waals surface area contributed by atoms with E-state index in [0.717, 1.165) is 5.56 Å². The van der Waals surface area contributed by atoms with E-state index < -0.39 is 6.09 Å². The van der Waals surface area contributed by atoms with Gasteiger partial charge in [-0.15, -0.1) is 0 Å². The van der Waals surface area contributed by atoms with E-state index in [2.05, 4.69) is 15.2 Å². The molecule has 1 rings (SSSR count). The van der Waals surface area contributed by atoms with Crippen LogP contribution in [0.15, 0.2) is 29.4 Å². The van der Waals surface area contributed by atoms with Crippen molar-refractivity contribution in [3.05, 3.63) is 35.4 Å². The largest absolute Gasteiger partial charge is 0.453 e. The van der Waals surface area contributed by atoms with Gasteiger partial charge in [0.15, 0.2) is 5.84 Å². The summed E-state index contributed by atoms with van der Waals surface area (Å²) < 4.78 is 4.43. The SMILES string of the molecule is COC(=O)NCc1ccc(C(N)=NO)cc1. The first-order chi connectivity index (χ1) is 7.67. The number of nitrogens with one attached hydrogen (secondary N) is 1. The number of oxime groups is 1. The Morgan fingerprint density at radius 2 is 2.12 bits per heavy atom. The van der Waals surface area contributed by atoms with Crippen molar-refractivity contribution in [2.45, 2.75) is 6.54 Å². The molecule has 0 atom stereocenters. The Kier molecular flexibility index (Phi) is 4.14. The van der Waals surface area contributed by atoms with Crippen LogP contribution < -0.4 is 11.1 Å². The van der Waals surface area contributed by atoms with Gasteiger partial charge >= 0.3 is 6.09 Å². The van der Waals surface area contributed by atoms with Crippen molar-refractivity contribution in [1.82, 2.24) is 5.32 Å². The summed E-state index contributed by atoms with van der Waals surface area (Å²) in [6, 6.07) is 6.93. The fourth-order valence-electron chi connectivity index (χ4n) is 1.10. The molecule has 6 nitrogen and oxygen atoms in total. The monoisotopic (exact) mass is 223 g/mol. The molecule has 0 spiro atoms. The Balaban J connectivity index is 2.61. The van der Waals surface area contributed by atoms with Crippen molar-refractivity contribution in [3.63, 3.8) is 0 Å². The Morgan fingerprint density at radius 3 is 2.62 bits per heavy atom. The van der Waals surface area contributed by atoms with Gasteiger partial charge in [-0.2, -0.15) is 0 Å². The number of carbonyl (C=O) groups is 1. The minimum Gasteiger partial charge on any atom is -0.453 e. The predicted octanol–water partition coefficient (Wildman–Crippen LogP) is 0.637. The average Bonchev–Trinajstić information content (AvgIpc) is 2.35. The quantitative estimate of drug-likeness (QED) is 0.303. The molecule has 0 aromatic heterocycles. The van der Waals surface area contributed by atoms with Crippen LogP contribution in [0, 0.1) is 0 Å². The average molecular weight is 223 g/mol. The highest BCUT2D eigenvalue weighted by Gasteiger charge is 2.01. The van der Waals surface area contributed by atoms with E-state index in [0.29, 0.717) is 12.1 Å². The smallest absolute Gasteiger partial charge is 0.407 e. The van der Waals surface area contributed by atoms with Crippen LogP contribution in [0.1, 0.15) is 11.1 Å². The Hall–Kier alpha value is -2.24. The number of hydrogen-bond acceptors (Lipinski definition) is 4. The number of carbonyl (C=O) groups excluding carboxylic acids is 1. The summed E-state index contributed by atoms with van der Waals surface area (Å²) in [7, 11) is 1.30. The molecule has 16 heavy (non-hydrogen) atoms. The Morgan fingerprint density at radius 1 is 1.50 bits per heavy atom. The first-order valence-corrected chi connectivity index (χ1v) is 4.56. The molecule has 0 heterocycles. The molecule has 0 saturated heterocycles. The third-order valence-corrected chi connectivity index (χ3v) is 1.98. The Bertz CT molecular complexity index is 387. The van der Waals surface area contributed by atoms with E-state index in [1.165, 1.54) is 7.11 Å². The van der Waals surface area contributed by atoms with E-state index in [9.17, 15) is 4.79 Å². The van der Waals surface area contributed by atoms with Crippen molar-refractivity contribution < 1.29 is 14.7 Å². The van der Waals surface area contributed by atoms with Gasteiger partial charge in [0.2, 0.25) is 0 Å². The number of amides is 1. The minimum atomic E-state index is -0.486. The number of methoxy groups -OCH3 is 1. The summed E-state index contributed by atoms with van der Waals surface area (Å²) >= 11 is 0. The number of hydrogen-bond donors (Lipinski definition) is 3. The second kappa shape index (κ2) is 5.59. The second-order valence-electron chi connectivity index (χ2n) is 3.03. The zero-order chi connectivity index (χ0) is 12.0. The van der Waals surface area contributed by atoms with Crippen molar-refractivity contribution in [3.8, 4) is 0 Å². The second-order valence-corrected chi connectivity index (χ2v) is 3.03. The third kappa shape index (κ3) is 3.16. The van der Waals surface area contributed by atoms with Crippen LogP contribution in [0.2, 0.25) is 0 Å². The van der Waals surface area contributed by atoms with Crippen LogP contribution >= 0.6 is 0 Å². The number of ether oxygens (including phenoxy) is 1. The molecule has 86 valence electrons. The molecule has 0 aliphatic heterocycles. The summed E-state index contributed by atoms with van der Waals surface area (Å²) in [5, 5.41) is 13.9. The van der Waals surface area contributed by atoms with Gasteiger partial charge in [0.1, 0.15) is 0 Å². The molecule has 4 N–H and O–H groups in total. The van der Waals surface area contributed by atoms with E-state index in [1.807, 2.05) is 0 Å². The van der Waals surface area contributed by atoms with Gasteiger partial charge in [-0.1, -0.05) is 29.4 Å². The van der Waals surface area contributed by atoms with E-state index in [-0.39, 0.29) is 5.84 Å². The minimum absolute atomic E-state index is 0.0486. The lowest BCUT2D eigenvalue weighted by molar-refractivity contribution is 0.170. The number of rotatable bonds is 3. The maximum atomic E-state index is 10.8. The highest BCUT2D eigenvalue weighted by atomic mass is 16.5. The number of benzene rings is 1.